The van der Waals surface area contributed by atoms with Gasteiger partial charge in [-0.3, -0.25) is 13.9 Å². The van der Waals surface area contributed by atoms with E-state index in [0.29, 0.717) is 18.0 Å². The van der Waals surface area contributed by atoms with Gasteiger partial charge in [-0.05, 0) is 61.7 Å². The molecule has 0 bridgehead atoms. The number of nitrogens with zero attached hydrogens (tertiary/aromatic N) is 2. The molecule has 2 aromatic carbocycles. The van der Waals surface area contributed by atoms with E-state index >= 15 is 0 Å². The van der Waals surface area contributed by atoms with E-state index in [0.717, 1.165) is 22.5 Å². The molecule has 0 aliphatic heterocycles. The Balaban J connectivity index is 2.16. The maximum atomic E-state index is 13.3. The van der Waals surface area contributed by atoms with Crippen molar-refractivity contribution in [2.24, 2.45) is 0 Å². The van der Waals surface area contributed by atoms with Crippen LogP contribution in [-0.2, 0) is 26.2 Å². The second-order valence-electron chi connectivity index (χ2n) is 8.26. The Morgan fingerprint density at radius 3 is 2.43 bits per heavy atom. The number of hydrogen-bond acceptors (Lipinski definition) is 5. The summed E-state index contributed by atoms with van der Waals surface area (Å²) < 4.78 is 44.3. The predicted octanol–water partition coefficient (Wildman–Crippen LogP) is 3.32. The van der Waals surface area contributed by atoms with Gasteiger partial charge in [-0.25, -0.2) is 12.8 Å². The molecule has 0 spiro atoms. The van der Waals surface area contributed by atoms with Crippen LogP contribution in [0.25, 0.3) is 0 Å². The minimum atomic E-state index is -3.64. The Hall–Kier alpha value is -3.14. The standard InChI is InChI=1S/C25H34FN3O5S/c1-5-15-27-25(31)19(2)28(18-20-8-6-9-23(17-20)34-3)24(30)10-7-16-29(35(4,32)33)22-13-11-21(26)12-14-22/h6,8-9,11-14,17,19H,5,7,10,15-16,18H2,1-4H3,(H,27,31)/t19-/m1/s1. The quantitative estimate of drug-likeness (QED) is 0.449. The third-order valence-corrected chi connectivity index (χ3v) is 6.66. The number of ether oxygens (including phenoxy) is 1. The van der Waals surface area contributed by atoms with Crippen molar-refractivity contribution in [2.45, 2.75) is 45.7 Å². The first-order valence-corrected chi connectivity index (χ1v) is 13.3. The van der Waals surface area contributed by atoms with Crippen molar-refractivity contribution in [3.05, 3.63) is 59.9 Å². The monoisotopic (exact) mass is 507 g/mol. The number of amides is 2. The number of hydrogen-bond donors (Lipinski definition) is 1. The van der Waals surface area contributed by atoms with Gasteiger partial charge in [0.15, 0.2) is 0 Å². The van der Waals surface area contributed by atoms with Gasteiger partial charge in [0, 0.05) is 26.1 Å². The molecule has 10 heteroatoms. The molecule has 2 rings (SSSR count). The van der Waals surface area contributed by atoms with Gasteiger partial charge in [0.1, 0.15) is 17.6 Å². The summed E-state index contributed by atoms with van der Waals surface area (Å²) in [6.45, 7) is 4.36. The summed E-state index contributed by atoms with van der Waals surface area (Å²) in [5.41, 5.74) is 1.12. The number of carbonyl (C=O) groups is 2. The first-order valence-electron chi connectivity index (χ1n) is 11.5. The average Bonchev–Trinajstić information content (AvgIpc) is 2.83. The van der Waals surface area contributed by atoms with Gasteiger partial charge in [-0.1, -0.05) is 19.1 Å². The lowest BCUT2D eigenvalue weighted by atomic mass is 10.1. The molecule has 0 saturated heterocycles. The van der Waals surface area contributed by atoms with Gasteiger partial charge >= 0.3 is 0 Å². The van der Waals surface area contributed by atoms with Crippen LogP contribution in [0, 0.1) is 5.82 Å². The van der Waals surface area contributed by atoms with E-state index in [9.17, 15) is 22.4 Å². The Kier molecular flexibility index (Phi) is 10.5. The summed E-state index contributed by atoms with van der Waals surface area (Å²) in [6.07, 6.45) is 2.09. The minimum absolute atomic E-state index is 0.0303. The fraction of sp³-hybridized carbons (Fsp3) is 0.440. The van der Waals surface area contributed by atoms with Crippen LogP contribution in [-0.4, -0.2) is 57.6 Å². The molecule has 192 valence electrons. The normalized spacial score (nSPS) is 12.0. The second kappa shape index (κ2) is 13.1. The highest BCUT2D eigenvalue weighted by molar-refractivity contribution is 7.92. The number of carbonyl (C=O) groups excluding carboxylic acids is 2. The molecule has 0 saturated carbocycles. The fourth-order valence-electron chi connectivity index (χ4n) is 3.56. The number of anilines is 1. The summed E-state index contributed by atoms with van der Waals surface area (Å²) >= 11 is 0. The fourth-order valence-corrected chi connectivity index (χ4v) is 4.52. The predicted molar refractivity (Wildman–Crippen MR) is 134 cm³/mol. The van der Waals surface area contributed by atoms with Crippen LogP contribution in [0.3, 0.4) is 0 Å². The highest BCUT2D eigenvalue weighted by Gasteiger charge is 2.26. The molecule has 8 nitrogen and oxygen atoms in total. The number of benzene rings is 2. The zero-order chi connectivity index (χ0) is 26.0. The molecule has 0 aromatic heterocycles. The lowest BCUT2D eigenvalue weighted by Crippen LogP contribution is -2.47. The number of nitrogens with one attached hydrogen (secondary N) is 1. The van der Waals surface area contributed by atoms with Gasteiger partial charge < -0.3 is 15.0 Å². The topological polar surface area (TPSA) is 96.0 Å². The molecule has 0 aliphatic rings. The summed E-state index contributed by atoms with van der Waals surface area (Å²) in [7, 11) is -2.08. The molecule has 2 amide bonds. The second-order valence-corrected chi connectivity index (χ2v) is 10.2. The molecule has 2 aromatic rings. The molecule has 0 radical (unpaired) electrons. The van der Waals surface area contributed by atoms with Crippen LogP contribution in [0.4, 0.5) is 10.1 Å². The summed E-state index contributed by atoms with van der Waals surface area (Å²) in [5.74, 6) is -0.367. The SMILES string of the molecule is CCCNC(=O)[C@@H](C)N(Cc1cccc(OC)c1)C(=O)CCCN(c1ccc(F)cc1)S(C)(=O)=O. The third-order valence-electron chi connectivity index (χ3n) is 5.47. The molecule has 35 heavy (non-hydrogen) atoms. The van der Waals surface area contributed by atoms with Crippen molar-refractivity contribution < 1.29 is 27.1 Å². The molecule has 0 aliphatic carbocycles. The van der Waals surface area contributed by atoms with E-state index in [2.05, 4.69) is 5.32 Å². The van der Waals surface area contributed by atoms with E-state index in [4.69, 9.17) is 4.74 Å². The van der Waals surface area contributed by atoms with Crippen molar-refractivity contribution in [1.29, 1.82) is 0 Å². The van der Waals surface area contributed by atoms with Crippen molar-refractivity contribution >= 4 is 27.5 Å². The van der Waals surface area contributed by atoms with Crippen LogP contribution in [0.15, 0.2) is 48.5 Å². The molecule has 0 heterocycles. The van der Waals surface area contributed by atoms with Crippen LogP contribution in [0.5, 0.6) is 5.75 Å². The van der Waals surface area contributed by atoms with E-state index in [-0.39, 0.29) is 37.7 Å². The molecular formula is C25H34FN3O5S. The van der Waals surface area contributed by atoms with Gasteiger partial charge in [-0.15, -0.1) is 0 Å². The van der Waals surface area contributed by atoms with Crippen LogP contribution >= 0.6 is 0 Å². The van der Waals surface area contributed by atoms with Crippen molar-refractivity contribution in [3.63, 3.8) is 0 Å². The van der Waals surface area contributed by atoms with Gasteiger partial charge in [0.2, 0.25) is 21.8 Å². The molecule has 0 fully saturated rings. The zero-order valence-electron chi connectivity index (χ0n) is 20.7. The Morgan fingerprint density at radius 1 is 1.14 bits per heavy atom. The highest BCUT2D eigenvalue weighted by atomic mass is 32.2. The van der Waals surface area contributed by atoms with Gasteiger partial charge in [0.25, 0.3) is 0 Å². The van der Waals surface area contributed by atoms with Gasteiger partial charge in [0.05, 0.1) is 19.1 Å². The highest BCUT2D eigenvalue weighted by Crippen LogP contribution is 2.20. The number of halogens is 1. The Bertz CT molecular complexity index is 1090. The van der Waals surface area contributed by atoms with Crippen molar-refractivity contribution in [1.82, 2.24) is 10.2 Å². The molecule has 1 atom stereocenters. The zero-order valence-corrected chi connectivity index (χ0v) is 21.5. The summed E-state index contributed by atoms with van der Waals surface area (Å²) in [4.78, 5) is 27.4. The van der Waals surface area contributed by atoms with Crippen molar-refractivity contribution in [3.8, 4) is 5.75 Å². The van der Waals surface area contributed by atoms with Crippen LogP contribution in [0.1, 0.15) is 38.7 Å². The van der Waals surface area contributed by atoms with E-state index in [1.165, 1.54) is 29.2 Å². The first-order chi connectivity index (χ1) is 16.6. The average molecular weight is 508 g/mol. The number of rotatable bonds is 13. The van der Waals surface area contributed by atoms with Crippen LogP contribution < -0.4 is 14.4 Å². The Labute approximate surface area is 207 Å². The van der Waals surface area contributed by atoms with Crippen molar-refractivity contribution in [2.75, 3.05) is 30.8 Å². The number of methoxy groups -OCH3 is 1. The molecule has 0 unspecified atom stereocenters. The van der Waals surface area contributed by atoms with Gasteiger partial charge in [-0.2, -0.15) is 0 Å². The maximum Gasteiger partial charge on any atom is 0.242 e. The lowest BCUT2D eigenvalue weighted by molar-refractivity contribution is -0.140. The molecule has 1 N–H and O–H groups in total. The molecular weight excluding hydrogens is 473 g/mol. The third kappa shape index (κ3) is 8.54. The van der Waals surface area contributed by atoms with E-state index in [1.807, 2.05) is 19.1 Å². The summed E-state index contributed by atoms with van der Waals surface area (Å²) in [5, 5.41) is 2.82. The smallest absolute Gasteiger partial charge is 0.242 e. The first kappa shape index (κ1) is 28.1. The summed E-state index contributed by atoms with van der Waals surface area (Å²) in [6, 6.07) is 11.7. The minimum Gasteiger partial charge on any atom is -0.497 e. The van der Waals surface area contributed by atoms with Crippen LogP contribution in [0.2, 0.25) is 0 Å². The largest absolute Gasteiger partial charge is 0.497 e. The van der Waals surface area contributed by atoms with E-state index in [1.54, 1.807) is 26.2 Å². The number of sulfonamides is 1. The van der Waals surface area contributed by atoms with E-state index < -0.39 is 21.9 Å². The lowest BCUT2D eigenvalue weighted by Gasteiger charge is -2.29. The maximum absolute atomic E-state index is 13.3. The Morgan fingerprint density at radius 2 is 1.83 bits per heavy atom.